The highest BCUT2D eigenvalue weighted by Crippen LogP contribution is 2.53. The molecule has 4 heteroatoms. The smallest absolute Gasteiger partial charge is 0.200 e. The zero-order chi connectivity index (χ0) is 32.1. The van der Waals surface area contributed by atoms with Crippen LogP contribution in [-0.4, -0.2) is 0 Å². The molecule has 6 aromatic carbocycles. The predicted molar refractivity (Wildman–Crippen MR) is 194 cm³/mol. The number of benzene rings is 6. The number of anilines is 6. The molecule has 228 valence electrons. The van der Waals surface area contributed by atoms with Gasteiger partial charge in [0.1, 0.15) is 11.2 Å². The second kappa shape index (κ2) is 9.70. The Balaban J connectivity index is 1.20. The van der Waals surface area contributed by atoms with Crippen molar-refractivity contribution in [2.75, 3.05) is 9.80 Å². The molecule has 0 spiro atoms. The zero-order valence-corrected chi connectivity index (χ0v) is 26.9. The lowest BCUT2D eigenvalue weighted by atomic mass is 9.73. The molecule has 4 nitrogen and oxygen atoms in total. The van der Waals surface area contributed by atoms with Gasteiger partial charge in [-0.25, -0.2) is 0 Å². The Labute approximate surface area is 274 Å². The van der Waals surface area contributed by atoms with Gasteiger partial charge in [0, 0.05) is 28.3 Å². The van der Waals surface area contributed by atoms with Crippen LogP contribution in [-0.2, 0) is 10.8 Å². The number of nitrogens with zero attached hydrogens (tertiary/aromatic N) is 2. The lowest BCUT2D eigenvalue weighted by molar-refractivity contribution is 0.631. The van der Waals surface area contributed by atoms with E-state index in [4.69, 9.17) is 4.42 Å². The first kappa shape index (κ1) is 27.7. The monoisotopic (exact) mass is 610 g/mol. The van der Waals surface area contributed by atoms with Crippen LogP contribution in [0, 0.1) is 0 Å². The van der Waals surface area contributed by atoms with Crippen molar-refractivity contribution in [1.82, 2.24) is 0 Å². The number of fused-ring (bicyclic) bond motifs is 6. The van der Waals surface area contributed by atoms with Gasteiger partial charge in [-0.1, -0.05) is 100 Å². The summed E-state index contributed by atoms with van der Waals surface area (Å²) < 4.78 is 6.54. The molecule has 0 saturated carbocycles. The minimum absolute atomic E-state index is 0.0332. The van der Waals surface area contributed by atoms with Gasteiger partial charge in [0.05, 0.1) is 33.5 Å². The molecule has 0 saturated heterocycles. The molecule has 3 heterocycles. The highest BCUT2D eigenvalue weighted by atomic mass is 16.3. The Bertz CT molecular complexity index is 2370. The third-order valence-corrected chi connectivity index (χ3v) is 10.4. The van der Waals surface area contributed by atoms with Crippen LogP contribution in [0.2, 0.25) is 0 Å². The topological polar surface area (TPSA) is 36.7 Å². The van der Waals surface area contributed by atoms with Gasteiger partial charge in [-0.05, 0) is 76.9 Å². The second-order valence-electron chi connectivity index (χ2n) is 13.8. The number of hydrogen-bond acceptors (Lipinski definition) is 4. The minimum atomic E-state index is -0.154. The van der Waals surface area contributed by atoms with Crippen molar-refractivity contribution in [3.8, 4) is 0 Å². The molecule has 9 rings (SSSR count). The van der Waals surface area contributed by atoms with Crippen molar-refractivity contribution in [3.63, 3.8) is 0 Å². The first-order valence-corrected chi connectivity index (χ1v) is 16.2. The van der Waals surface area contributed by atoms with Gasteiger partial charge in [-0.15, -0.1) is 0 Å². The molecule has 0 fully saturated rings. The third-order valence-electron chi connectivity index (χ3n) is 10.4. The predicted octanol–water partition coefficient (Wildman–Crippen LogP) is 11.2. The first-order valence-electron chi connectivity index (χ1n) is 16.2. The Morgan fingerprint density at radius 1 is 0.447 bits per heavy atom. The molecule has 7 aromatic rings. The van der Waals surface area contributed by atoms with Crippen LogP contribution in [0.15, 0.2) is 143 Å². The van der Waals surface area contributed by atoms with Crippen LogP contribution in [0.1, 0.15) is 49.9 Å². The van der Waals surface area contributed by atoms with E-state index in [1.165, 1.54) is 22.3 Å². The first-order chi connectivity index (χ1) is 22.7. The summed E-state index contributed by atoms with van der Waals surface area (Å²) in [5, 5.41) is 1.14. The Kier molecular flexibility index (Phi) is 5.71. The van der Waals surface area contributed by atoms with E-state index in [1.807, 2.05) is 30.3 Å². The zero-order valence-electron chi connectivity index (χ0n) is 26.9. The largest absolute Gasteiger partial charge is 0.456 e. The molecule has 0 N–H and O–H groups in total. The Hall–Kier alpha value is -5.61. The van der Waals surface area contributed by atoms with Crippen molar-refractivity contribution in [3.05, 3.63) is 166 Å². The Morgan fingerprint density at radius 3 is 1.32 bits per heavy atom. The fourth-order valence-electron chi connectivity index (χ4n) is 8.00. The number of hydrogen-bond donors (Lipinski definition) is 0. The normalized spacial score (nSPS) is 15.6. The fourth-order valence-corrected chi connectivity index (χ4v) is 8.00. The van der Waals surface area contributed by atoms with Gasteiger partial charge >= 0.3 is 0 Å². The van der Waals surface area contributed by atoms with Crippen molar-refractivity contribution in [1.29, 1.82) is 0 Å². The van der Waals surface area contributed by atoms with E-state index in [0.717, 1.165) is 34.1 Å². The van der Waals surface area contributed by atoms with Crippen LogP contribution >= 0.6 is 0 Å². The van der Waals surface area contributed by atoms with Gasteiger partial charge in [-0.3, -0.25) is 4.79 Å². The van der Waals surface area contributed by atoms with Gasteiger partial charge in [0.25, 0.3) is 0 Å². The van der Waals surface area contributed by atoms with E-state index in [0.29, 0.717) is 21.9 Å². The lowest BCUT2D eigenvalue weighted by Gasteiger charge is -2.42. The summed E-state index contributed by atoms with van der Waals surface area (Å²) in [5.74, 6) is 0. The quantitative estimate of drug-likeness (QED) is 0.183. The van der Waals surface area contributed by atoms with E-state index < -0.39 is 0 Å². The maximum absolute atomic E-state index is 14.2. The number of rotatable bonds is 2. The average molecular weight is 611 g/mol. The highest BCUT2D eigenvalue weighted by Gasteiger charge is 2.38. The SMILES string of the molecule is CC1(C)c2ccccc2N(c2ccc3c(=O)c4cc(N5c6ccccc6C(C)(C)c6ccccc65)ccc4oc3c2)c2ccccc21. The van der Waals surface area contributed by atoms with Gasteiger partial charge < -0.3 is 14.2 Å². The summed E-state index contributed by atoms with van der Waals surface area (Å²) in [6, 6.07) is 46.2. The molecule has 0 bridgehead atoms. The summed E-state index contributed by atoms with van der Waals surface area (Å²) in [5.41, 5.74) is 12.2. The van der Waals surface area contributed by atoms with E-state index >= 15 is 0 Å². The van der Waals surface area contributed by atoms with Crippen LogP contribution < -0.4 is 15.2 Å². The van der Waals surface area contributed by atoms with Crippen molar-refractivity contribution in [2.24, 2.45) is 0 Å². The molecule has 47 heavy (non-hydrogen) atoms. The van der Waals surface area contributed by atoms with Gasteiger partial charge in [-0.2, -0.15) is 0 Å². The van der Waals surface area contributed by atoms with E-state index in [9.17, 15) is 4.79 Å². The maximum Gasteiger partial charge on any atom is 0.200 e. The highest BCUT2D eigenvalue weighted by molar-refractivity contribution is 5.96. The van der Waals surface area contributed by atoms with E-state index in [2.05, 4.69) is 141 Å². The maximum atomic E-state index is 14.2. The molecule has 1 aromatic heterocycles. The molecule has 0 unspecified atom stereocenters. The standard InChI is InChI=1S/C43H34N2O2/c1-42(2)31-13-5-9-17-35(31)44(36-18-10-6-14-32(36)42)27-22-24-39-30(25-27)41(46)29-23-21-28(26-40(29)47-39)45-37-19-11-7-15-33(37)43(3,4)34-16-8-12-20-38(34)45/h5-26H,1-4H3. The van der Waals surface area contributed by atoms with Crippen LogP contribution in [0.25, 0.3) is 21.9 Å². The van der Waals surface area contributed by atoms with Crippen molar-refractivity contribution >= 4 is 56.1 Å². The average Bonchev–Trinajstić information content (AvgIpc) is 3.09. The molecule has 0 atom stereocenters. The lowest BCUT2D eigenvalue weighted by Crippen LogP contribution is -2.30. The third kappa shape index (κ3) is 3.85. The van der Waals surface area contributed by atoms with E-state index in [1.54, 1.807) is 0 Å². The molecular weight excluding hydrogens is 576 g/mol. The summed E-state index contributed by atoms with van der Waals surface area (Å²) in [6.45, 7) is 9.12. The number of para-hydroxylation sites is 4. The van der Waals surface area contributed by atoms with Crippen LogP contribution in [0.5, 0.6) is 0 Å². The molecule has 2 aliphatic heterocycles. The fraction of sp³-hybridized carbons (Fsp3) is 0.140. The second-order valence-corrected chi connectivity index (χ2v) is 13.8. The van der Waals surface area contributed by atoms with Crippen LogP contribution in [0.3, 0.4) is 0 Å². The summed E-state index contributed by atoms with van der Waals surface area (Å²) >= 11 is 0. The molecule has 0 radical (unpaired) electrons. The Morgan fingerprint density at radius 2 is 0.851 bits per heavy atom. The molecule has 2 aliphatic rings. The summed E-state index contributed by atoms with van der Waals surface area (Å²) in [4.78, 5) is 18.8. The molecule has 0 aliphatic carbocycles. The van der Waals surface area contributed by atoms with Crippen molar-refractivity contribution in [2.45, 2.75) is 38.5 Å². The van der Waals surface area contributed by atoms with E-state index in [-0.39, 0.29) is 16.3 Å². The minimum Gasteiger partial charge on any atom is -0.456 e. The van der Waals surface area contributed by atoms with Gasteiger partial charge in [0.2, 0.25) is 5.43 Å². The van der Waals surface area contributed by atoms with Crippen molar-refractivity contribution < 1.29 is 4.42 Å². The summed E-state index contributed by atoms with van der Waals surface area (Å²) in [7, 11) is 0. The summed E-state index contributed by atoms with van der Waals surface area (Å²) in [6.07, 6.45) is 0. The molecular formula is C43H34N2O2. The van der Waals surface area contributed by atoms with Gasteiger partial charge in [0.15, 0.2) is 0 Å². The molecule has 0 amide bonds. The van der Waals surface area contributed by atoms with Crippen LogP contribution in [0.4, 0.5) is 34.1 Å².